The highest BCUT2D eigenvalue weighted by Gasteiger charge is 2.25. The maximum atomic E-state index is 12.0. The lowest BCUT2D eigenvalue weighted by atomic mass is 10.0. The van der Waals surface area contributed by atoms with Crippen molar-refractivity contribution in [3.63, 3.8) is 0 Å². The van der Waals surface area contributed by atoms with Crippen LogP contribution in [0.25, 0.3) is 0 Å². The van der Waals surface area contributed by atoms with Gasteiger partial charge in [0.2, 0.25) is 5.91 Å². The van der Waals surface area contributed by atoms with Gasteiger partial charge in [0.25, 0.3) is 5.91 Å². The average Bonchev–Trinajstić information content (AvgIpc) is 2.80. The number of carbonyl (C=O) groups excluding carboxylic acids is 2. The third-order valence-electron chi connectivity index (χ3n) is 2.76. The van der Waals surface area contributed by atoms with Crippen molar-refractivity contribution in [3.05, 3.63) is 22.6 Å². The molecule has 0 fully saturated rings. The minimum absolute atomic E-state index is 0.0934. The van der Waals surface area contributed by atoms with Crippen LogP contribution < -0.4 is 5.32 Å². The summed E-state index contributed by atoms with van der Waals surface area (Å²) < 4.78 is 5.52. The molecule has 1 rings (SSSR count). The predicted octanol–water partition coefficient (Wildman–Crippen LogP) is 1.34. The maximum Gasteiger partial charge on any atom is 0.326 e. The van der Waals surface area contributed by atoms with E-state index >= 15 is 0 Å². The lowest BCUT2D eigenvalue weighted by Crippen LogP contribution is -2.48. The summed E-state index contributed by atoms with van der Waals surface area (Å²) in [5.74, 6) is -2.28. The number of aliphatic carboxylic acids is 1. The lowest BCUT2D eigenvalue weighted by Gasteiger charge is -2.20. The van der Waals surface area contributed by atoms with E-state index in [1.54, 1.807) is 19.9 Å². The zero-order valence-electron chi connectivity index (χ0n) is 11.9. The Bertz CT molecular complexity index is 540. The molecule has 2 amide bonds. The molecular formula is C13H17BrN2O5. The van der Waals surface area contributed by atoms with Crippen LogP contribution in [0.1, 0.15) is 24.4 Å². The number of carboxylic acids is 1. The molecule has 7 nitrogen and oxygen atoms in total. The summed E-state index contributed by atoms with van der Waals surface area (Å²) >= 11 is 3.08. The highest BCUT2D eigenvalue weighted by atomic mass is 79.9. The molecule has 0 aromatic carbocycles. The summed E-state index contributed by atoms with van der Waals surface area (Å²) in [6, 6.07) is 2.06. The van der Waals surface area contributed by atoms with Crippen LogP contribution in [0.2, 0.25) is 0 Å². The molecule has 1 aromatic heterocycles. The van der Waals surface area contributed by atoms with E-state index in [2.05, 4.69) is 21.2 Å². The monoisotopic (exact) mass is 360 g/mol. The van der Waals surface area contributed by atoms with Crippen molar-refractivity contribution in [1.29, 1.82) is 0 Å². The van der Waals surface area contributed by atoms with Gasteiger partial charge in [-0.1, -0.05) is 13.8 Å². The van der Waals surface area contributed by atoms with Gasteiger partial charge in [-0.05, 0) is 34.0 Å². The smallest absolute Gasteiger partial charge is 0.326 e. The van der Waals surface area contributed by atoms with Crippen molar-refractivity contribution in [2.75, 3.05) is 13.6 Å². The fraction of sp³-hybridized carbons (Fsp3) is 0.462. The van der Waals surface area contributed by atoms with Crippen molar-refractivity contribution in [3.8, 4) is 0 Å². The number of nitrogens with zero attached hydrogens (tertiary/aromatic N) is 1. The number of carboxylic acid groups (broad SMARTS) is 1. The minimum Gasteiger partial charge on any atom is -0.480 e. The van der Waals surface area contributed by atoms with Crippen molar-refractivity contribution in [2.24, 2.45) is 5.92 Å². The summed E-state index contributed by atoms with van der Waals surface area (Å²) in [7, 11) is 1.43. The van der Waals surface area contributed by atoms with Crippen LogP contribution in [0.3, 0.4) is 0 Å². The van der Waals surface area contributed by atoms with Gasteiger partial charge in [0.05, 0.1) is 6.54 Å². The van der Waals surface area contributed by atoms with Gasteiger partial charge in [-0.3, -0.25) is 9.59 Å². The topological polar surface area (TPSA) is 99.9 Å². The van der Waals surface area contributed by atoms with Crippen LogP contribution in [-0.2, 0) is 9.59 Å². The van der Waals surface area contributed by atoms with Crippen molar-refractivity contribution < 1.29 is 23.9 Å². The van der Waals surface area contributed by atoms with E-state index in [0.717, 1.165) is 4.90 Å². The molecule has 0 bridgehead atoms. The summed E-state index contributed by atoms with van der Waals surface area (Å²) in [5.41, 5.74) is 0. The molecule has 1 atom stereocenters. The Hall–Kier alpha value is -1.83. The second kappa shape index (κ2) is 7.26. The Morgan fingerprint density at radius 3 is 2.43 bits per heavy atom. The van der Waals surface area contributed by atoms with Crippen molar-refractivity contribution in [1.82, 2.24) is 10.2 Å². The van der Waals surface area contributed by atoms with Crippen LogP contribution in [-0.4, -0.2) is 47.4 Å². The second-order valence-corrected chi connectivity index (χ2v) is 5.67. The molecule has 8 heteroatoms. The highest BCUT2D eigenvalue weighted by molar-refractivity contribution is 9.10. The van der Waals surface area contributed by atoms with Crippen LogP contribution in [0, 0.1) is 5.92 Å². The number of nitrogens with one attached hydrogen (secondary N) is 1. The predicted molar refractivity (Wildman–Crippen MR) is 77.8 cm³/mol. The number of carbonyl (C=O) groups is 3. The zero-order valence-corrected chi connectivity index (χ0v) is 13.5. The average molecular weight is 361 g/mol. The van der Waals surface area contributed by atoms with Crippen LogP contribution in [0.4, 0.5) is 0 Å². The molecule has 0 aliphatic carbocycles. The lowest BCUT2D eigenvalue weighted by molar-refractivity contribution is -0.143. The number of hydrogen-bond donors (Lipinski definition) is 2. The van der Waals surface area contributed by atoms with Gasteiger partial charge in [-0.2, -0.15) is 0 Å². The van der Waals surface area contributed by atoms with Gasteiger partial charge in [-0.15, -0.1) is 0 Å². The van der Waals surface area contributed by atoms with Gasteiger partial charge < -0.3 is 19.7 Å². The normalized spacial score (nSPS) is 12.0. The Balaban J connectivity index is 2.61. The standard InChI is InChI=1S/C13H17BrN2O5/c1-7(2)11(13(19)20)15-10(17)6-16(3)12(18)8-4-5-9(14)21-8/h4-5,7,11H,6H2,1-3H3,(H,15,17)(H,19,20)/t11-/m0/s1. The molecule has 1 aromatic rings. The number of halogens is 1. The molecule has 116 valence electrons. The third kappa shape index (κ3) is 4.89. The first-order chi connectivity index (χ1) is 9.72. The van der Waals surface area contributed by atoms with E-state index < -0.39 is 23.8 Å². The van der Waals surface area contributed by atoms with Gasteiger partial charge in [-0.25, -0.2) is 4.79 Å². The molecular weight excluding hydrogens is 344 g/mol. The quantitative estimate of drug-likeness (QED) is 0.797. The molecule has 0 unspecified atom stereocenters. The summed E-state index contributed by atoms with van der Waals surface area (Å²) in [6.45, 7) is 3.12. The minimum atomic E-state index is -1.11. The van der Waals surface area contributed by atoms with Crippen molar-refractivity contribution >= 4 is 33.7 Å². The number of hydrogen-bond acceptors (Lipinski definition) is 4. The highest BCUT2D eigenvalue weighted by Crippen LogP contribution is 2.15. The first-order valence-electron chi connectivity index (χ1n) is 6.25. The Morgan fingerprint density at radius 1 is 1.38 bits per heavy atom. The van der Waals surface area contributed by atoms with Gasteiger partial charge in [0.1, 0.15) is 6.04 Å². The fourth-order valence-electron chi connectivity index (χ4n) is 1.64. The first-order valence-corrected chi connectivity index (χ1v) is 7.04. The zero-order chi connectivity index (χ0) is 16.2. The molecule has 21 heavy (non-hydrogen) atoms. The van der Waals surface area contributed by atoms with E-state index in [4.69, 9.17) is 9.52 Å². The maximum absolute atomic E-state index is 12.0. The van der Waals surface area contributed by atoms with E-state index in [1.807, 2.05) is 0 Å². The number of rotatable bonds is 6. The van der Waals surface area contributed by atoms with Gasteiger partial charge in [0.15, 0.2) is 10.4 Å². The molecule has 0 aliphatic heterocycles. The summed E-state index contributed by atoms with van der Waals surface area (Å²) in [6.07, 6.45) is 0. The molecule has 0 saturated carbocycles. The first kappa shape index (κ1) is 17.2. The Morgan fingerprint density at radius 2 is 2.00 bits per heavy atom. The Kier molecular flexibility index (Phi) is 5.95. The molecule has 0 radical (unpaired) electrons. The Labute approximate surface area is 130 Å². The third-order valence-corrected chi connectivity index (χ3v) is 3.19. The van der Waals surface area contributed by atoms with E-state index in [0.29, 0.717) is 4.67 Å². The van der Waals surface area contributed by atoms with E-state index in [-0.39, 0.29) is 18.2 Å². The summed E-state index contributed by atoms with van der Waals surface area (Å²) in [5, 5.41) is 11.4. The molecule has 0 spiro atoms. The number of likely N-dealkylation sites (N-methyl/N-ethyl adjacent to an activating group) is 1. The van der Waals surface area contributed by atoms with Gasteiger partial charge >= 0.3 is 5.97 Å². The van der Waals surface area contributed by atoms with Crippen LogP contribution in [0.15, 0.2) is 21.2 Å². The SMILES string of the molecule is CC(C)[C@H](NC(=O)CN(C)C(=O)c1ccc(Br)o1)C(=O)O. The van der Waals surface area contributed by atoms with Crippen molar-refractivity contribution in [2.45, 2.75) is 19.9 Å². The molecule has 0 aliphatic rings. The summed E-state index contributed by atoms with van der Waals surface area (Å²) in [4.78, 5) is 35.9. The second-order valence-electron chi connectivity index (χ2n) is 4.89. The molecule has 1 heterocycles. The fourth-order valence-corrected chi connectivity index (χ4v) is 1.94. The van der Waals surface area contributed by atoms with Crippen LogP contribution in [0.5, 0.6) is 0 Å². The molecule has 2 N–H and O–H groups in total. The number of furan rings is 1. The van der Waals surface area contributed by atoms with E-state index in [1.165, 1.54) is 13.1 Å². The number of amides is 2. The van der Waals surface area contributed by atoms with E-state index in [9.17, 15) is 14.4 Å². The van der Waals surface area contributed by atoms with Crippen LogP contribution >= 0.6 is 15.9 Å². The largest absolute Gasteiger partial charge is 0.480 e. The molecule has 0 saturated heterocycles. The van der Waals surface area contributed by atoms with Gasteiger partial charge in [0, 0.05) is 7.05 Å².